The Balaban J connectivity index is 1.45. The molecule has 0 unspecified atom stereocenters. The number of carbonyl (C=O) groups is 4. The molecule has 9 nitrogen and oxygen atoms in total. The molecule has 1 N–H and O–H groups in total. The summed E-state index contributed by atoms with van der Waals surface area (Å²) in [7, 11) is 0. The number of benzene rings is 2. The number of rotatable bonds is 9. The second-order valence-corrected chi connectivity index (χ2v) is 10.9. The molecule has 2 aliphatic rings. The van der Waals surface area contributed by atoms with Crippen LogP contribution in [0.4, 0.5) is 10.5 Å². The van der Waals surface area contributed by atoms with E-state index in [4.69, 9.17) is 9.47 Å². The van der Waals surface area contributed by atoms with E-state index in [0.717, 1.165) is 42.3 Å². The zero-order valence-electron chi connectivity index (χ0n) is 21.6. The van der Waals surface area contributed by atoms with Gasteiger partial charge in [-0.05, 0) is 83.4 Å². The van der Waals surface area contributed by atoms with Crippen LogP contribution in [0.3, 0.4) is 0 Å². The van der Waals surface area contributed by atoms with Crippen LogP contribution in [0.15, 0.2) is 51.8 Å². The Morgan fingerprint density at radius 3 is 2.46 bits per heavy atom. The van der Waals surface area contributed by atoms with Gasteiger partial charge in [-0.15, -0.1) is 0 Å². The molecule has 0 aliphatic carbocycles. The number of hydrogen-bond donors (Lipinski definition) is 1. The fourth-order valence-electron chi connectivity index (χ4n) is 4.27. The van der Waals surface area contributed by atoms with E-state index in [9.17, 15) is 19.2 Å². The van der Waals surface area contributed by atoms with Crippen LogP contribution in [-0.4, -0.2) is 65.6 Å². The predicted molar refractivity (Wildman–Crippen MR) is 154 cm³/mol. The molecule has 0 aromatic heterocycles. The van der Waals surface area contributed by atoms with Crippen LogP contribution < -0.4 is 14.8 Å². The fraction of sp³-hybridized carbons (Fsp3) is 0.357. The third-order valence-corrected chi connectivity index (χ3v) is 7.66. The predicted octanol–water partition coefficient (Wildman–Crippen LogP) is 5.30. The zero-order chi connectivity index (χ0) is 27.8. The summed E-state index contributed by atoms with van der Waals surface area (Å²) >= 11 is 4.27. The number of carbonyl (C=O) groups excluding carboxylic acids is 4. The molecule has 0 bridgehead atoms. The quantitative estimate of drug-likeness (QED) is 0.381. The van der Waals surface area contributed by atoms with Crippen molar-refractivity contribution in [3.63, 3.8) is 0 Å². The van der Waals surface area contributed by atoms with Gasteiger partial charge < -0.3 is 19.7 Å². The lowest BCUT2D eigenvalue weighted by Gasteiger charge is -2.22. The molecule has 206 valence electrons. The molecule has 2 heterocycles. The van der Waals surface area contributed by atoms with Crippen LogP contribution in [0.25, 0.3) is 6.08 Å². The Kier molecular flexibility index (Phi) is 10.0. The molecule has 0 atom stereocenters. The van der Waals surface area contributed by atoms with E-state index in [-0.39, 0.29) is 29.9 Å². The Morgan fingerprint density at radius 2 is 1.77 bits per heavy atom. The molecule has 4 rings (SSSR count). The average Bonchev–Trinajstić information content (AvgIpc) is 3.09. The maximum atomic E-state index is 13.0. The van der Waals surface area contributed by atoms with Crippen molar-refractivity contribution in [3.8, 4) is 11.5 Å². The summed E-state index contributed by atoms with van der Waals surface area (Å²) in [6.45, 7) is 2.98. The topological polar surface area (TPSA) is 105 Å². The van der Waals surface area contributed by atoms with Gasteiger partial charge in [-0.2, -0.15) is 0 Å². The van der Waals surface area contributed by atoms with Crippen LogP contribution in [0, 0.1) is 0 Å². The molecule has 2 fully saturated rings. The van der Waals surface area contributed by atoms with E-state index in [2.05, 4.69) is 21.2 Å². The maximum absolute atomic E-state index is 13.0. The summed E-state index contributed by atoms with van der Waals surface area (Å²) in [6.07, 6.45) is 5.61. The minimum atomic E-state index is -0.500. The van der Waals surface area contributed by atoms with E-state index in [0.29, 0.717) is 46.9 Å². The van der Waals surface area contributed by atoms with Gasteiger partial charge in [0.15, 0.2) is 18.1 Å². The minimum Gasteiger partial charge on any atom is -0.490 e. The Bertz CT molecular complexity index is 1260. The lowest BCUT2D eigenvalue weighted by atomic mass is 10.2. The molecule has 4 amide bonds. The number of para-hydroxylation sites is 1. The number of halogens is 1. The van der Waals surface area contributed by atoms with E-state index >= 15 is 0 Å². The van der Waals surface area contributed by atoms with Gasteiger partial charge in [0.2, 0.25) is 5.91 Å². The maximum Gasteiger partial charge on any atom is 0.294 e. The first kappa shape index (κ1) is 28.7. The number of nitrogens with one attached hydrogen (secondary N) is 1. The molecule has 39 heavy (non-hydrogen) atoms. The highest BCUT2D eigenvalue weighted by atomic mass is 79.9. The number of likely N-dealkylation sites (tertiary alicyclic amines) is 1. The van der Waals surface area contributed by atoms with E-state index in [1.54, 1.807) is 35.2 Å². The van der Waals surface area contributed by atoms with Crippen LogP contribution in [-0.2, 0) is 14.4 Å². The summed E-state index contributed by atoms with van der Waals surface area (Å²) in [4.78, 5) is 53.7. The molecule has 2 aliphatic heterocycles. The number of anilines is 1. The van der Waals surface area contributed by atoms with Crippen molar-refractivity contribution < 1.29 is 28.7 Å². The smallest absolute Gasteiger partial charge is 0.294 e. The molecular formula is C28H30BrN3O6S. The SMILES string of the molecule is CCOc1cc(C=C2SC(=O)N(CC(=O)N3CCCCCC3)C2=O)cc(Br)c1OCC(=O)Nc1ccccc1. The van der Waals surface area contributed by atoms with Crippen molar-refractivity contribution in [2.24, 2.45) is 0 Å². The van der Waals surface area contributed by atoms with Gasteiger partial charge in [-0.1, -0.05) is 31.0 Å². The van der Waals surface area contributed by atoms with Crippen molar-refractivity contribution in [2.75, 3.05) is 38.2 Å². The normalized spacial score (nSPS) is 16.8. The summed E-state index contributed by atoms with van der Waals surface area (Å²) in [5.74, 6) is -0.322. The van der Waals surface area contributed by atoms with E-state index < -0.39 is 11.1 Å². The molecule has 0 saturated carbocycles. The van der Waals surface area contributed by atoms with E-state index in [1.807, 2.05) is 25.1 Å². The van der Waals surface area contributed by atoms with Gasteiger partial charge in [0.05, 0.1) is 16.0 Å². The second-order valence-electron chi connectivity index (χ2n) is 9.03. The van der Waals surface area contributed by atoms with Gasteiger partial charge in [0.25, 0.3) is 17.1 Å². The zero-order valence-corrected chi connectivity index (χ0v) is 24.0. The van der Waals surface area contributed by atoms with Gasteiger partial charge in [-0.3, -0.25) is 24.1 Å². The van der Waals surface area contributed by atoms with Crippen molar-refractivity contribution >= 4 is 62.4 Å². The Hall–Kier alpha value is -3.31. The molecule has 0 radical (unpaired) electrons. The standard InChI is InChI=1S/C28H30BrN3O6S/c1-2-37-22-15-19(14-21(29)26(22)38-18-24(33)30-20-10-6-5-7-11-20)16-23-27(35)32(28(36)39-23)17-25(34)31-12-8-3-4-9-13-31/h5-7,10-11,14-16H,2-4,8-9,12-13,17-18H2,1H3,(H,30,33). The molecule has 2 saturated heterocycles. The van der Waals surface area contributed by atoms with Crippen molar-refractivity contribution in [1.82, 2.24) is 9.80 Å². The molecule has 11 heteroatoms. The first-order chi connectivity index (χ1) is 18.9. The first-order valence-corrected chi connectivity index (χ1v) is 14.4. The first-order valence-electron chi connectivity index (χ1n) is 12.8. The lowest BCUT2D eigenvalue weighted by Crippen LogP contribution is -2.42. The van der Waals surface area contributed by atoms with Crippen molar-refractivity contribution in [3.05, 3.63) is 57.4 Å². The lowest BCUT2D eigenvalue weighted by molar-refractivity contribution is -0.135. The molecule has 0 spiro atoms. The largest absolute Gasteiger partial charge is 0.490 e. The van der Waals surface area contributed by atoms with Crippen molar-refractivity contribution in [2.45, 2.75) is 32.6 Å². The molecule has 2 aromatic carbocycles. The number of ether oxygens (including phenoxy) is 2. The second kappa shape index (κ2) is 13.7. The average molecular weight is 617 g/mol. The van der Waals surface area contributed by atoms with Crippen LogP contribution in [0.2, 0.25) is 0 Å². The van der Waals surface area contributed by atoms with Gasteiger partial charge in [0.1, 0.15) is 6.54 Å². The summed E-state index contributed by atoms with van der Waals surface area (Å²) < 4.78 is 12.0. The van der Waals surface area contributed by atoms with E-state index in [1.165, 1.54) is 0 Å². The summed E-state index contributed by atoms with van der Waals surface area (Å²) in [5, 5.41) is 2.29. The summed E-state index contributed by atoms with van der Waals surface area (Å²) in [5.41, 5.74) is 1.25. The highest BCUT2D eigenvalue weighted by Gasteiger charge is 2.37. The highest BCUT2D eigenvalue weighted by Crippen LogP contribution is 2.39. The summed E-state index contributed by atoms with van der Waals surface area (Å²) in [6, 6.07) is 12.4. The van der Waals surface area contributed by atoms with Crippen LogP contribution in [0.1, 0.15) is 38.2 Å². The van der Waals surface area contributed by atoms with Crippen LogP contribution in [0.5, 0.6) is 11.5 Å². The third-order valence-electron chi connectivity index (χ3n) is 6.16. The van der Waals surface area contributed by atoms with Gasteiger partial charge in [0, 0.05) is 18.8 Å². The van der Waals surface area contributed by atoms with Crippen LogP contribution >= 0.6 is 27.7 Å². The minimum absolute atomic E-state index is 0.209. The van der Waals surface area contributed by atoms with Crippen molar-refractivity contribution in [1.29, 1.82) is 0 Å². The molecular weight excluding hydrogens is 586 g/mol. The Morgan fingerprint density at radius 1 is 1.05 bits per heavy atom. The number of nitrogens with zero attached hydrogens (tertiary/aromatic N) is 2. The number of thioether (sulfide) groups is 1. The number of hydrogen-bond acceptors (Lipinski definition) is 7. The number of imide groups is 1. The van der Waals surface area contributed by atoms with Gasteiger partial charge in [-0.25, -0.2) is 0 Å². The van der Waals surface area contributed by atoms with Gasteiger partial charge >= 0.3 is 0 Å². The Labute approximate surface area is 240 Å². The fourth-order valence-corrected chi connectivity index (χ4v) is 5.69. The monoisotopic (exact) mass is 615 g/mol. The molecule has 2 aromatic rings. The third kappa shape index (κ3) is 7.63. The number of amides is 4. The highest BCUT2D eigenvalue weighted by molar-refractivity contribution is 9.10.